The van der Waals surface area contributed by atoms with E-state index < -0.39 is 0 Å². The lowest BCUT2D eigenvalue weighted by atomic mass is 10.0. The molecule has 1 atom stereocenters. The van der Waals surface area contributed by atoms with Gasteiger partial charge in [-0.3, -0.25) is 4.79 Å². The number of benzene rings is 1. The zero-order valence-electron chi connectivity index (χ0n) is 14.5. The zero-order valence-corrected chi connectivity index (χ0v) is 14.5. The van der Waals surface area contributed by atoms with Crippen LogP contribution in [0.5, 0.6) is 6.01 Å². The number of likely N-dealkylation sites (tertiary alicyclic amines) is 1. The summed E-state index contributed by atoms with van der Waals surface area (Å²) in [5, 5.41) is 0. The largest absolute Gasteiger partial charge is 0.458 e. The lowest BCUT2D eigenvalue weighted by molar-refractivity contribution is 0.0514. The minimum atomic E-state index is -0.0621. The Morgan fingerprint density at radius 1 is 1.17 bits per heavy atom. The van der Waals surface area contributed by atoms with Gasteiger partial charge in [-0.05, 0) is 51.3 Å². The van der Waals surface area contributed by atoms with Crippen LogP contribution < -0.4 is 4.74 Å². The zero-order chi connectivity index (χ0) is 17.1. The Kier molecular flexibility index (Phi) is 4.79. The van der Waals surface area contributed by atoms with Crippen LogP contribution in [-0.2, 0) is 0 Å². The second-order valence-electron chi connectivity index (χ2n) is 6.38. The molecule has 0 aliphatic carbocycles. The van der Waals surface area contributed by atoms with E-state index in [9.17, 15) is 4.79 Å². The van der Waals surface area contributed by atoms with Gasteiger partial charge in [0.25, 0.3) is 5.91 Å². The molecule has 2 heterocycles. The third-order valence-corrected chi connectivity index (χ3v) is 4.27. The maximum atomic E-state index is 12.8. The van der Waals surface area contributed by atoms with Crippen molar-refractivity contribution in [2.24, 2.45) is 0 Å². The maximum absolute atomic E-state index is 12.8. The van der Waals surface area contributed by atoms with Crippen LogP contribution in [-0.4, -0.2) is 40.0 Å². The number of nitrogens with zero attached hydrogens (tertiary/aromatic N) is 3. The highest BCUT2D eigenvalue weighted by Crippen LogP contribution is 2.19. The fourth-order valence-electron chi connectivity index (χ4n) is 3.10. The topological polar surface area (TPSA) is 55.3 Å². The lowest BCUT2D eigenvalue weighted by Crippen LogP contribution is -2.44. The quantitative estimate of drug-likeness (QED) is 0.870. The summed E-state index contributed by atoms with van der Waals surface area (Å²) in [5.74, 6) is 0.0720. The van der Waals surface area contributed by atoms with Gasteiger partial charge in [0.15, 0.2) is 0 Å². The molecule has 3 rings (SSSR count). The van der Waals surface area contributed by atoms with Crippen LogP contribution in [0.25, 0.3) is 0 Å². The van der Waals surface area contributed by atoms with Gasteiger partial charge < -0.3 is 9.64 Å². The van der Waals surface area contributed by atoms with E-state index >= 15 is 0 Å². The highest BCUT2D eigenvalue weighted by atomic mass is 16.5. The standard InChI is InChI=1S/C19H23N3O2/c1-13-7-4-5-9-17(13)18(23)22-10-6-8-16(12-22)24-19-20-14(2)11-15(3)21-19/h4-5,7,9,11,16H,6,8,10,12H2,1-3H3/t16-/m1/s1. The van der Waals surface area contributed by atoms with Crippen LogP contribution in [0.15, 0.2) is 30.3 Å². The Hall–Kier alpha value is -2.43. The van der Waals surface area contributed by atoms with Crippen LogP contribution in [0.2, 0.25) is 0 Å². The van der Waals surface area contributed by atoms with E-state index in [0.717, 1.165) is 41.9 Å². The van der Waals surface area contributed by atoms with E-state index in [1.54, 1.807) is 0 Å². The molecule has 0 unspecified atom stereocenters. The molecule has 1 aromatic carbocycles. The minimum Gasteiger partial charge on any atom is -0.458 e. The molecule has 0 N–H and O–H groups in total. The van der Waals surface area contributed by atoms with E-state index in [1.165, 1.54) is 0 Å². The van der Waals surface area contributed by atoms with E-state index in [2.05, 4.69) is 9.97 Å². The normalized spacial score (nSPS) is 17.6. The molecule has 1 aromatic heterocycles. The Balaban J connectivity index is 1.70. The van der Waals surface area contributed by atoms with Gasteiger partial charge in [0.2, 0.25) is 0 Å². The van der Waals surface area contributed by atoms with Crippen molar-refractivity contribution in [3.8, 4) is 6.01 Å². The second-order valence-corrected chi connectivity index (χ2v) is 6.38. The molecule has 126 valence electrons. The van der Waals surface area contributed by atoms with Crippen LogP contribution in [0.3, 0.4) is 0 Å². The summed E-state index contributed by atoms with van der Waals surface area (Å²) in [7, 11) is 0. The number of carbonyl (C=O) groups excluding carboxylic acids is 1. The van der Waals surface area contributed by atoms with Gasteiger partial charge in [-0.2, -0.15) is 0 Å². The monoisotopic (exact) mass is 325 g/mol. The summed E-state index contributed by atoms with van der Waals surface area (Å²) in [4.78, 5) is 23.3. The van der Waals surface area contributed by atoms with E-state index in [-0.39, 0.29) is 12.0 Å². The van der Waals surface area contributed by atoms with Gasteiger partial charge in [-0.1, -0.05) is 18.2 Å². The molecule has 2 aromatic rings. The molecule has 1 aliphatic rings. The first-order valence-corrected chi connectivity index (χ1v) is 8.37. The number of hydrogen-bond donors (Lipinski definition) is 0. The lowest BCUT2D eigenvalue weighted by Gasteiger charge is -2.32. The number of rotatable bonds is 3. The average molecular weight is 325 g/mol. The highest BCUT2D eigenvalue weighted by Gasteiger charge is 2.26. The summed E-state index contributed by atoms with van der Waals surface area (Å²) in [5.41, 5.74) is 3.55. The smallest absolute Gasteiger partial charge is 0.317 e. The number of hydrogen-bond acceptors (Lipinski definition) is 4. The van der Waals surface area contributed by atoms with Crippen molar-refractivity contribution >= 4 is 5.91 Å². The predicted octanol–water partition coefficient (Wildman–Crippen LogP) is 3.09. The van der Waals surface area contributed by atoms with Crippen molar-refractivity contribution in [1.82, 2.24) is 14.9 Å². The van der Waals surface area contributed by atoms with Gasteiger partial charge in [0.05, 0.1) is 6.54 Å². The Labute approximate surface area is 142 Å². The van der Waals surface area contributed by atoms with Crippen LogP contribution in [0, 0.1) is 20.8 Å². The fraction of sp³-hybridized carbons (Fsp3) is 0.421. The van der Waals surface area contributed by atoms with Crippen LogP contribution >= 0.6 is 0 Å². The summed E-state index contributed by atoms with van der Waals surface area (Å²) in [6, 6.07) is 10.0. The SMILES string of the molecule is Cc1cc(C)nc(O[C@@H]2CCCN(C(=O)c3ccccc3C)C2)n1. The molecule has 0 bridgehead atoms. The first-order valence-electron chi connectivity index (χ1n) is 8.37. The summed E-state index contributed by atoms with van der Waals surface area (Å²) in [6.45, 7) is 7.16. The maximum Gasteiger partial charge on any atom is 0.317 e. The molecular weight excluding hydrogens is 302 g/mol. The predicted molar refractivity (Wildman–Crippen MR) is 92.2 cm³/mol. The van der Waals surface area contributed by atoms with Crippen molar-refractivity contribution in [2.45, 2.75) is 39.7 Å². The third kappa shape index (κ3) is 3.72. The first kappa shape index (κ1) is 16.4. The number of ether oxygens (including phenoxy) is 1. The van der Waals surface area contributed by atoms with Crippen molar-refractivity contribution in [3.05, 3.63) is 52.8 Å². The molecular formula is C19H23N3O2. The molecule has 1 fully saturated rings. The molecule has 1 aliphatic heterocycles. The van der Waals surface area contributed by atoms with Crippen molar-refractivity contribution < 1.29 is 9.53 Å². The summed E-state index contributed by atoms with van der Waals surface area (Å²) >= 11 is 0. The van der Waals surface area contributed by atoms with E-state index in [4.69, 9.17) is 4.74 Å². The van der Waals surface area contributed by atoms with Crippen molar-refractivity contribution in [3.63, 3.8) is 0 Å². The molecule has 24 heavy (non-hydrogen) atoms. The molecule has 1 saturated heterocycles. The second kappa shape index (κ2) is 6.99. The molecule has 1 amide bonds. The Bertz CT molecular complexity index is 725. The summed E-state index contributed by atoms with van der Waals surface area (Å²) in [6.07, 6.45) is 1.77. The van der Waals surface area contributed by atoms with Crippen molar-refractivity contribution in [2.75, 3.05) is 13.1 Å². The number of amides is 1. The Morgan fingerprint density at radius 3 is 2.58 bits per heavy atom. The van der Waals surface area contributed by atoms with E-state index in [0.29, 0.717) is 12.6 Å². The molecule has 5 heteroatoms. The number of aromatic nitrogens is 2. The fourth-order valence-corrected chi connectivity index (χ4v) is 3.10. The van der Waals surface area contributed by atoms with E-state index in [1.807, 2.05) is 56.0 Å². The van der Waals surface area contributed by atoms with Gasteiger partial charge >= 0.3 is 6.01 Å². The third-order valence-electron chi connectivity index (χ3n) is 4.27. The molecule has 0 saturated carbocycles. The van der Waals surface area contributed by atoms with Crippen molar-refractivity contribution in [1.29, 1.82) is 0 Å². The number of aryl methyl sites for hydroxylation is 3. The molecule has 0 spiro atoms. The average Bonchev–Trinajstić information content (AvgIpc) is 2.54. The molecule has 0 radical (unpaired) electrons. The molecule has 5 nitrogen and oxygen atoms in total. The van der Waals surface area contributed by atoms with Gasteiger partial charge in [-0.15, -0.1) is 0 Å². The summed E-state index contributed by atoms with van der Waals surface area (Å²) < 4.78 is 5.95. The van der Waals surface area contributed by atoms with Gasteiger partial charge in [0.1, 0.15) is 6.10 Å². The van der Waals surface area contributed by atoms with Gasteiger partial charge in [0, 0.05) is 23.5 Å². The number of piperidine rings is 1. The van der Waals surface area contributed by atoms with Crippen LogP contribution in [0.1, 0.15) is 40.2 Å². The highest BCUT2D eigenvalue weighted by molar-refractivity contribution is 5.95. The van der Waals surface area contributed by atoms with Gasteiger partial charge in [-0.25, -0.2) is 9.97 Å². The number of carbonyl (C=O) groups is 1. The van der Waals surface area contributed by atoms with Crippen LogP contribution in [0.4, 0.5) is 0 Å². The Morgan fingerprint density at radius 2 is 1.88 bits per heavy atom. The first-order chi connectivity index (χ1) is 11.5. The minimum absolute atomic E-state index is 0.0621.